The Morgan fingerprint density at radius 1 is 1.00 bits per heavy atom. The van der Waals surface area contributed by atoms with Crippen molar-refractivity contribution in [2.45, 2.75) is 13.8 Å². The van der Waals surface area contributed by atoms with Crippen molar-refractivity contribution >= 4 is 23.3 Å². The number of hydrogen-bond acceptors (Lipinski definition) is 6. The van der Waals surface area contributed by atoms with Gasteiger partial charge in [0.2, 0.25) is 0 Å². The monoisotopic (exact) mass is 491 g/mol. The van der Waals surface area contributed by atoms with Gasteiger partial charge in [0.15, 0.2) is 5.76 Å². The molecule has 1 aromatic carbocycles. The van der Waals surface area contributed by atoms with Crippen LogP contribution in [0.2, 0.25) is 5.02 Å². The number of halogens is 2. The smallest absolute Gasteiger partial charge is 0.289 e. The molecule has 0 atom stereocenters. The Balaban J connectivity index is 1.45. The average molecular weight is 492 g/mol. The number of pyridine rings is 1. The van der Waals surface area contributed by atoms with E-state index in [2.05, 4.69) is 9.88 Å². The van der Waals surface area contributed by atoms with Crippen molar-refractivity contribution in [2.24, 2.45) is 0 Å². The molecule has 0 unspecified atom stereocenters. The Morgan fingerprint density at radius 3 is 2.49 bits per heavy atom. The molecule has 0 bridgehead atoms. The van der Waals surface area contributed by atoms with Crippen molar-refractivity contribution in [1.82, 2.24) is 19.9 Å². The first-order chi connectivity index (χ1) is 16.9. The highest BCUT2D eigenvalue weighted by atomic mass is 35.5. The third-order valence-corrected chi connectivity index (χ3v) is 6.37. The minimum Gasteiger partial charge on any atom is -0.456 e. The molecular formula is C26H23ClFN5O2. The first-order valence-electron chi connectivity index (χ1n) is 11.2. The molecule has 35 heavy (non-hydrogen) atoms. The quantitative estimate of drug-likeness (QED) is 0.392. The molecule has 0 saturated carbocycles. The second-order valence-corrected chi connectivity index (χ2v) is 8.84. The summed E-state index contributed by atoms with van der Waals surface area (Å²) in [4.78, 5) is 30.3. The van der Waals surface area contributed by atoms with Gasteiger partial charge in [-0.05, 0) is 55.8 Å². The van der Waals surface area contributed by atoms with E-state index < -0.39 is 0 Å². The summed E-state index contributed by atoms with van der Waals surface area (Å²) in [6.45, 7) is 5.91. The molecule has 1 saturated heterocycles. The van der Waals surface area contributed by atoms with E-state index in [1.807, 2.05) is 13.8 Å². The van der Waals surface area contributed by atoms with E-state index in [0.29, 0.717) is 65.5 Å². The van der Waals surface area contributed by atoms with Crippen LogP contribution >= 0.6 is 11.6 Å². The molecule has 1 aliphatic heterocycles. The summed E-state index contributed by atoms with van der Waals surface area (Å²) in [6.07, 6.45) is 4.93. The first-order valence-corrected chi connectivity index (χ1v) is 11.6. The molecule has 1 fully saturated rings. The fourth-order valence-corrected chi connectivity index (χ4v) is 4.43. The van der Waals surface area contributed by atoms with E-state index in [1.54, 1.807) is 47.8 Å². The third-order valence-electron chi connectivity index (χ3n) is 6.07. The number of piperazine rings is 1. The number of amides is 1. The van der Waals surface area contributed by atoms with Crippen LogP contribution in [0.1, 0.15) is 21.9 Å². The van der Waals surface area contributed by atoms with Crippen LogP contribution in [0, 0.1) is 19.7 Å². The van der Waals surface area contributed by atoms with E-state index in [9.17, 15) is 9.18 Å². The van der Waals surface area contributed by atoms with Crippen molar-refractivity contribution in [1.29, 1.82) is 0 Å². The van der Waals surface area contributed by atoms with E-state index in [0.717, 1.165) is 11.1 Å². The molecular weight excluding hydrogens is 469 g/mol. The van der Waals surface area contributed by atoms with Gasteiger partial charge in [-0.25, -0.2) is 9.37 Å². The minimum atomic E-state index is -0.309. The second-order valence-electron chi connectivity index (χ2n) is 8.43. The number of carbonyl (C=O) groups is 1. The van der Waals surface area contributed by atoms with Crippen LogP contribution in [0.4, 0.5) is 10.2 Å². The van der Waals surface area contributed by atoms with Crippen LogP contribution in [-0.2, 0) is 0 Å². The van der Waals surface area contributed by atoms with Crippen LogP contribution in [0.25, 0.3) is 22.5 Å². The number of furan rings is 1. The number of benzene rings is 1. The van der Waals surface area contributed by atoms with Crippen LogP contribution in [0.5, 0.6) is 0 Å². The summed E-state index contributed by atoms with van der Waals surface area (Å²) in [5, 5.41) is 0.448. The van der Waals surface area contributed by atoms with Gasteiger partial charge >= 0.3 is 0 Å². The predicted octanol–water partition coefficient (Wildman–Crippen LogP) is 5.17. The van der Waals surface area contributed by atoms with Gasteiger partial charge in [-0.15, -0.1) is 0 Å². The summed E-state index contributed by atoms with van der Waals surface area (Å²) in [5.74, 6) is 1.31. The largest absolute Gasteiger partial charge is 0.456 e. The van der Waals surface area contributed by atoms with Crippen molar-refractivity contribution < 1.29 is 13.6 Å². The molecule has 178 valence electrons. The molecule has 9 heteroatoms. The number of hydrogen-bond donors (Lipinski definition) is 0. The lowest BCUT2D eigenvalue weighted by atomic mass is 10.0. The van der Waals surface area contributed by atoms with Gasteiger partial charge in [0, 0.05) is 49.7 Å². The average Bonchev–Trinajstić information content (AvgIpc) is 3.30. The second kappa shape index (κ2) is 9.46. The van der Waals surface area contributed by atoms with Crippen molar-refractivity contribution in [3.8, 4) is 22.5 Å². The van der Waals surface area contributed by atoms with E-state index in [-0.39, 0.29) is 11.7 Å². The molecule has 0 spiro atoms. The molecule has 4 aromatic rings. The topological polar surface area (TPSA) is 75.4 Å². The van der Waals surface area contributed by atoms with Gasteiger partial charge in [-0.3, -0.25) is 14.8 Å². The molecule has 3 aromatic heterocycles. The number of rotatable bonds is 4. The van der Waals surface area contributed by atoms with E-state index in [1.165, 1.54) is 12.1 Å². The highest BCUT2D eigenvalue weighted by Crippen LogP contribution is 2.35. The SMILES string of the molecule is Cc1ccc(C(=O)N2CCN(c3cnc(-c4ccc(F)cc4C)c(-c4ccncc4Cl)n3)CC2)o1. The summed E-state index contributed by atoms with van der Waals surface area (Å²) in [5.41, 5.74) is 3.42. The summed E-state index contributed by atoms with van der Waals surface area (Å²) in [6, 6.07) is 9.87. The Labute approximate surface area is 207 Å². The Kier molecular flexibility index (Phi) is 6.21. The molecule has 0 aliphatic carbocycles. The van der Waals surface area contributed by atoms with Gasteiger partial charge in [0.1, 0.15) is 23.1 Å². The maximum Gasteiger partial charge on any atom is 0.289 e. The first kappa shape index (κ1) is 23.0. The van der Waals surface area contributed by atoms with Crippen LogP contribution in [0.15, 0.2) is 59.4 Å². The highest BCUT2D eigenvalue weighted by Gasteiger charge is 2.26. The van der Waals surface area contributed by atoms with E-state index >= 15 is 0 Å². The summed E-state index contributed by atoms with van der Waals surface area (Å²) in [7, 11) is 0. The number of aryl methyl sites for hydroxylation is 2. The Hall–Kier alpha value is -3.78. The molecule has 5 rings (SSSR count). The molecule has 1 amide bonds. The van der Waals surface area contributed by atoms with Gasteiger partial charge in [0.25, 0.3) is 5.91 Å². The van der Waals surface area contributed by atoms with Crippen LogP contribution in [0.3, 0.4) is 0 Å². The number of aromatic nitrogens is 3. The van der Waals surface area contributed by atoms with Gasteiger partial charge in [-0.1, -0.05) is 11.6 Å². The minimum absolute atomic E-state index is 0.116. The van der Waals surface area contributed by atoms with Crippen LogP contribution in [-0.4, -0.2) is 51.9 Å². The number of carbonyl (C=O) groups excluding carboxylic acids is 1. The zero-order chi connectivity index (χ0) is 24.5. The summed E-state index contributed by atoms with van der Waals surface area (Å²) >= 11 is 6.48. The lowest BCUT2D eigenvalue weighted by Crippen LogP contribution is -2.49. The molecule has 0 N–H and O–H groups in total. The maximum atomic E-state index is 13.7. The number of nitrogens with zero attached hydrogens (tertiary/aromatic N) is 5. The Morgan fingerprint density at radius 2 is 1.80 bits per heavy atom. The van der Waals surface area contributed by atoms with E-state index in [4.69, 9.17) is 26.0 Å². The zero-order valence-corrected chi connectivity index (χ0v) is 20.1. The van der Waals surface area contributed by atoms with Gasteiger partial charge in [0.05, 0.1) is 16.9 Å². The molecule has 7 nitrogen and oxygen atoms in total. The fraction of sp³-hybridized carbons (Fsp3) is 0.231. The summed E-state index contributed by atoms with van der Waals surface area (Å²) < 4.78 is 19.2. The predicted molar refractivity (Wildman–Crippen MR) is 132 cm³/mol. The van der Waals surface area contributed by atoms with Gasteiger partial charge in [-0.2, -0.15) is 0 Å². The zero-order valence-electron chi connectivity index (χ0n) is 19.3. The van der Waals surface area contributed by atoms with Crippen molar-refractivity contribution in [2.75, 3.05) is 31.1 Å². The molecule has 0 radical (unpaired) electrons. The Bertz CT molecular complexity index is 1400. The third kappa shape index (κ3) is 4.61. The highest BCUT2D eigenvalue weighted by molar-refractivity contribution is 6.33. The fourth-order valence-electron chi connectivity index (χ4n) is 4.22. The van der Waals surface area contributed by atoms with Crippen LogP contribution < -0.4 is 4.90 Å². The normalized spacial score (nSPS) is 13.8. The number of anilines is 1. The lowest BCUT2D eigenvalue weighted by molar-refractivity contribution is 0.0713. The standard InChI is InChI=1S/C26H23ClFN5O2/c1-16-13-18(28)4-5-19(16)24-25(20-7-8-29-14-21(20)27)31-23(15-30-24)32-9-11-33(12-10-32)26(34)22-6-3-17(2)35-22/h3-8,13-15H,9-12H2,1-2H3. The van der Waals surface area contributed by atoms with Crippen molar-refractivity contribution in [3.63, 3.8) is 0 Å². The van der Waals surface area contributed by atoms with Crippen molar-refractivity contribution in [3.05, 3.63) is 82.9 Å². The maximum absolute atomic E-state index is 13.7. The lowest BCUT2D eigenvalue weighted by Gasteiger charge is -2.35. The molecule has 4 heterocycles. The van der Waals surface area contributed by atoms with Gasteiger partial charge < -0.3 is 14.2 Å². The molecule has 1 aliphatic rings.